The first-order valence-corrected chi connectivity index (χ1v) is 6.08. The molecule has 1 heterocycles. The molecule has 0 aliphatic carbocycles. The van der Waals surface area contributed by atoms with Crippen LogP contribution in [-0.4, -0.2) is 20.9 Å². The van der Waals surface area contributed by atoms with Gasteiger partial charge in [0, 0.05) is 23.5 Å². The van der Waals surface area contributed by atoms with Gasteiger partial charge in [0.15, 0.2) is 0 Å². The fourth-order valence-electron chi connectivity index (χ4n) is 1.33. The maximum atomic E-state index is 3.43. The molecule has 1 aliphatic heterocycles. The van der Waals surface area contributed by atoms with E-state index in [1.807, 2.05) is 24.3 Å². The van der Waals surface area contributed by atoms with Gasteiger partial charge >= 0.3 is 0 Å². The fraction of sp³-hybridized carbons (Fsp3) is 0.533. The lowest BCUT2D eigenvalue weighted by Crippen LogP contribution is -2.45. The number of allylic oxidation sites excluding steroid dienone is 4. The second-order valence-electron chi connectivity index (χ2n) is 6.25. The smallest absolute Gasteiger partial charge is 0.208 e. The Hall–Kier alpha value is -1.18. The Balaban J connectivity index is 2.98. The first-order valence-electron chi connectivity index (χ1n) is 6.08. The van der Waals surface area contributed by atoms with Crippen molar-refractivity contribution in [3.05, 3.63) is 43.4 Å². The zero-order chi connectivity index (χ0) is 13.1. The average Bonchev–Trinajstić information content (AvgIpc) is 2.25. The lowest BCUT2D eigenvalue weighted by atomic mass is 10.1. The van der Waals surface area contributed by atoms with Crippen molar-refractivity contribution >= 4 is 0 Å². The molecule has 0 amide bonds. The first kappa shape index (κ1) is 13.9. The Bertz CT molecular complexity index is 292. The van der Waals surface area contributed by atoms with Crippen molar-refractivity contribution < 1.29 is 0 Å². The SMILES string of the molecule is CC(C)(C)N1[C]N(C(C)(C)C)\C=C/C=C\C=C/1. The molecule has 2 heteroatoms. The van der Waals surface area contributed by atoms with Crippen LogP contribution < -0.4 is 0 Å². The lowest BCUT2D eigenvalue weighted by molar-refractivity contribution is 0.135. The molecule has 0 spiro atoms. The topological polar surface area (TPSA) is 6.48 Å². The van der Waals surface area contributed by atoms with Crippen LogP contribution in [0.1, 0.15) is 41.5 Å². The van der Waals surface area contributed by atoms with Gasteiger partial charge in [0.2, 0.25) is 6.67 Å². The van der Waals surface area contributed by atoms with Gasteiger partial charge in [-0.05, 0) is 53.7 Å². The van der Waals surface area contributed by atoms with E-state index in [-0.39, 0.29) is 11.1 Å². The van der Waals surface area contributed by atoms with Crippen LogP contribution >= 0.6 is 0 Å². The highest BCUT2D eigenvalue weighted by molar-refractivity contribution is 5.15. The van der Waals surface area contributed by atoms with E-state index in [0.29, 0.717) is 0 Å². The Kier molecular flexibility index (Phi) is 4.07. The summed E-state index contributed by atoms with van der Waals surface area (Å²) >= 11 is 0. The van der Waals surface area contributed by atoms with E-state index >= 15 is 0 Å². The molecule has 0 aromatic carbocycles. The van der Waals surface area contributed by atoms with Crippen LogP contribution in [0, 0.1) is 6.67 Å². The molecule has 2 radical (unpaired) electrons. The van der Waals surface area contributed by atoms with Crippen LogP contribution in [0.3, 0.4) is 0 Å². The van der Waals surface area contributed by atoms with Gasteiger partial charge in [0.1, 0.15) is 0 Å². The Labute approximate surface area is 106 Å². The molecule has 0 saturated heterocycles. The molecule has 17 heavy (non-hydrogen) atoms. The summed E-state index contributed by atoms with van der Waals surface area (Å²) in [7, 11) is 0. The van der Waals surface area contributed by atoms with Crippen LogP contribution in [0.2, 0.25) is 0 Å². The second kappa shape index (κ2) is 4.99. The van der Waals surface area contributed by atoms with E-state index in [1.165, 1.54) is 0 Å². The Morgan fingerprint density at radius 3 is 1.29 bits per heavy atom. The summed E-state index contributed by atoms with van der Waals surface area (Å²) in [4.78, 5) is 4.22. The lowest BCUT2D eigenvalue weighted by Gasteiger charge is -2.41. The van der Waals surface area contributed by atoms with Crippen molar-refractivity contribution in [3.8, 4) is 0 Å². The average molecular weight is 232 g/mol. The van der Waals surface area contributed by atoms with E-state index in [2.05, 4.69) is 70.4 Å². The number of nitrogens with zero attached hydrogens (tertiary/aromatic N) is 2. The largest absolute Gasteiger partial charge is 0.343 e. The van der Waals surface area contributed by atoms with Crippen molar-refractivity contribution in [1.82, 2.24) is 9.80 Å². The monoisotopic (exact) mass is 232 g/mol. The van der Waals surface area contributed by atoms with Crippen LogP contribution in [0.15, 0.2) is 36.7 Å². The summed E-state index contributed by atoms with van der Waals surface area (Å²) in [5, 5.41) is 0. The maximum Gasteiger partial charge on any atom is 0.208 e. The number of rotatable bonds is 0. The first-order chi connectivity index (χ1) is 7.71. The van der Waals surface area contributed by atoms with Gasteiger partial charge in [-0.15, -0.1) is 0 Å². The zero-order valence-electron chi connectivity index (χ0n) is 11.9. The summed E-state index contributed by atoms with van der Waals surface area (Å²) in [5.41, 5.74) is 0.0397. The number of hydrogen-bond donors (Lipinski definition) is 0. The van der Waals surface area contributed by atoms with Crippen molar-refractivity contribution in [2.45, 2.75) is 52.6 Å². The molecular formula is C15H24N2. The third-order valence-electron chi connectivity index (χ3n) is 2.46. The second-order valence-corrected chi connectivity index (χ2v) is 6.25. The van der Waals surface area contributed by atoms with Crippen molar-refractivity contribution in [2.75, 3.05) is 0 Å². The summed E-state index contributed by atoms with van der Waals surface area (Å²) in [6.45, 7) is 16.5. The summed E-state index contributed by atoms with van der Waals surface area (Å²) in [6.07, 6.45) is 12.3. The minimum absolute atomic E-state index is 0.0199. The molecular weight excluding hydrogens is 208 g/mol. The van der Waals surface area contributed by atoms with Crippen molar-refractivity contribution in [3.63, 3.8) is 0 Å². The van der Waals surface area contributed by atoms with Gasteiger partial charge in [0.25, 0.3) is 0 Å². The van der Waals surface area contributed by atoms with E-state index in [0.717, 1.165) is 0 Å². The van der Waals surface area contributed by atoms with Gasteiger partial charge in [-0.25, -0.2) is 0 Å². The predicted octanol–water partition coefficient (Wildman–Crippen LogP) is 3.78. The summed E-state index contributed by atoms with van der Waals surface area (Å²) in [5.74, 6) is 0. The van der Waals surface area contributed by atoms with Gasteiger partial charge < -0.3 is 9.80 Å². The molecule has 2 nitrogen and oxygen atoms in total. The Morgan fingerprint density at radius 2 is 1.00 bits per heavy atom. The molecule has 0 bridgehead atoms. The molecule has 0 aromatic rings. The van der Waals surface area contributed by atoms with E-state index in [1.54, 1.807) is 0 Å². The third kappa shape index (κ3) is 4.29. The van der Waals surface area contributed by atoms with Crippen molar-refractivity contribution in [1.29, 1.82) is 0 Å². The van der Waals surface area contributed by atoms with Crippen LogP contribution in [0.25, 0.3) is 0 Å². The van der Waals surface area contributed by atoms with Crippen LogP contribution in [0.4, 0.5) is 0 Å². The van der Waals surface area contributed by atoms with Gasteiger partial charge in [0.05, 0.1) is 0 Å². The minimum Gasteiger partial charge on any atom is -0.343 e. The summed E-state index contributed by atoms with van der Waals surface area (Å²) in [6, 6.07) is 0. The highest BCUT2D eigenvalue weighted by atomic mass is 15.3. The molecule has 0 atom stereocenters. The van der Waals surface area contributed by atoms with Gasteiger partial charge in [-0.1, -0.05) is 12.2 Å². The molecule has 0 N–H and O–H groups in total. The molecule has 0 aromatic heterocycles. The fourth-order valence-corrected chi connectivity index (χ4v) is 1.33. The number of hydrogen-bond acceptors (Lipinski definition) is 2. The van der Waals surface area contributed by atoms with Gasteiger partial charge in [-0.2, -0.15) is 0 Å². The predicted molar refractivity (Wildman–Crippen MR) is 73.8 cm³/mol. The van der Waals surface area contributed by atoms with E-state index in [9.17, 15) is 0 Å². The minimum atomic E-state index is 0.0199. The van der Waals surface area contributed by atoms with Crippen molar-refractivity contribution in [2.24, 2.45) is 0 Å². The molecule has 1 rings (SSSR count). The molecule has 1 aliphatic rings. The maximum absolute atomic E-state index is 3.43. The Morgan fingerprint density at radius 1 is 0.647 bits per heavy atom. The molecule has 0 saturated carbocycles. The standard InChI is InChI=1S/C15H24N2/c1-14(2,3)16-11-9-7-8-10-12-17(13-16)15(4,5)6/h7-12H,1-6H3/b8-7-,11-9-,12-10-. The van der Waals surface area contributed by atoms with Crippen LogP contribution in [-0.2, 0) is 0 Å². The third-order valence-corrected chi connectivity index (χ3v) is 2.46. The van der Waals surface area contributed by atoms with E-state index in [4.69, 9.17) is 0 Å². The molecule has 0 fully saturated rings. The molecule has 94 valence electrons. The quantitative estimate of drug-likeness (QED) is 0.627. The highest BCUT2D eigenvalue weighted by Gasteiger charge is 2.26. The normalized spacial score (nSPS) is 23.6. The molecule has 0 unspecified atom stereocenters. The summed E-state index contributed by atoms with van der Waals surface area (Å²) < 4.78 is 0. The highest BCUT2D eigenvalue weighted by Crippen LogP contribution is 2.23. The van der Waals surface area contributed by atoms with Gasteiger partial charge in [-0.3, -0.25) is 0 Å². The zero-order valence-corrected chi connectivity index (χ0v) is 11.9. The van der Waals surface area contributed by atoms with Crippen LogP contribution in [0.5, 0.6) is 0 Å². The van der Waals surface area contributed by atoms with E-state index < -0.39 is 0 Å².